The van der Waals surface area contributed by atoms with Crippen molar-refractivity contribution in [1.82, 2.24) is 10.2 Å². The highest BCUT2D eigenvalue weighted by molar-refractivity contribution is 6.08. The Morgan fingerprint density at radius 1 is 1.64 bits per heavy atom. The molecule has 0 amide bonds. The van der Waals surface area contributed by atoms with E-state index in [4.69, 9.17) is 4.74 Å². The van der Waals surface area contributed by atoms with Crippen molar-refractivity contribution in [3.05, 3.63) is 17.8 Å². The van der Waals surface area contributed by atoms with Crippen LogP contribution in [-0.2, 0) is 6.32 Å². The summed E-state index contributed by atoms with van der Waals surface area (Å²) in [6.07, 6.45) is 2.72. The van der Waals surface area contributed by atoms with Crippen LogP contribution in [-0.4, -0.2) is 24.7 Å². The van der Waals surface area contributed by atoms with Crippen LogP contribution in [0.3, 0.4) is 0 Å². The summed E-state index contributed by atoms with van der Waals surface area (Å²) in [4.78, 5) is 0. The third-order valence-corrected chi connectivity index (χ3v) is 1.39. The highest BCUT2D eigenvalue weighted by Gasteiger charge is 1.95. The van der Waals surface area contributed by atoms with Crippen molar-refractivity contribution in [2.24, 2.45) is 0 Å². The lowest BCUT2D eigenvalue weighted by atomic mass is 9.99. The minimum absolute atomic E-state index is 0.617. The molecule has 0 atom stereocenters. The van der Waals surface area contributed by atoms with Crippen molar-refractivity contribution in [1.29, 1.82) is 0 Å². The van der Waals surface area contributed by atoms with E-state index >= 15 is 0 Å². The van der Waals surface area contributed by atoms with Gasteiger partial charge in [0.1, 0.15) is 7.85 Å². The fourth-order valence-corrected chi connectivity index (χ4v) is 0.796. The maximum absolute atomic E-state index is 5.17. The molecular formula is C7H11BN2O. The van der Waals surface area contributed by atoms with Gasteiger partial charge >= 0.3 is 0 Å². The number of nitrogens with zero attached hydrogens (tertiary/aromatic N) is 2. The molecule has 0 aliphatic heterocycles. The molecule has 0 unspecified atom stereocenters. The Morgan fingerprint density at radius 2 is 2.45 bits per heavy atom. The molecule has 0 bridgehead atoms. The Hall–Kier alpha value is -1.06. The Bertz CT molecular complexity index is 229. The van der Waals surface area contributed by atoms with E-state index in [-0.39, 0.29) is 0 Å². The standard InChI is InChI=1S/C7H11BN2O/c1-2-11-7-3-6(4-8)5-9-10-7/h3,5H,2,4,8H2,1H3. The lowest BCUT2D eigenvalue weighted by Gasteiger charge is -2.00. The number of rotatable bonds is 3. The van der Waals surface area contributed by atoms with E-state index in [1.165, 1.54) is 0 Å². The van der Waals surface area contributed by atoms with Crippen molar-refractivity contribution < 1.29 is 4.74 Å². The van der Waals surface area contributed by atoms with Crippen molar-refractivity contribution >= 4 is 7.85 Å². The van der Waals surface area contributed by atoms with E-state index in [2.05, 4.69) is 18.0 Å². The average molecular weight is 150 g/mol. The Labute approximate surface area is 67.2 Å². The predicted molar refractivity (Wildman–Crippen MR) is 45.4 cm³/mol. The second-order valence-electron chi connectivity index (χ2n) is 2.19. The van der Waals surface area contributed by atoms with Crippen molar-refractivity contribution in [3.63, 3.8) is 0 Å². The zero-order valence-corrected chi connectivity index (χ0v) is 6.87. The normalized spacial score (nSPS) is 9.55. The molecule has 0 fully saturated rings. The topological polar surface area (TPSA) is 35.0 Å². The summed E-state index contributed by atoms with van der Waals surface area (Å²) in [5.41, 5.74) is 1.16. The third kappa shape index (κ3) is 2.22. The number of hydrogen-bond donors (Lipinski definition) is 0. The molecule has 0 N–H and O–H groups in total. The highest BCUT2D eigenvalue weighted by Crippen LogP contribution is 2.06. The Kier molecular flexibility index (Phi) is 2.89. The van der Waals surface area contributed by atoms with Gasteiger partial charge in [0.15, 0.2) is 0 Å². The van der Waals surface area contributed by atoms with Gasteiger partial charge in [-0.15, -0.1) is 5.10 Å². The van der Waals surface area contributed by atoms with E-state index in [1.54, 1.807) is 6.20 Å². The minimum Gasteiger partial charge on any atom is -0.477 e. The molecule has 1 aromatic heterocycles. The summed E-state index contributed by atoms with van der Waals surface area (Å²) in [6.45, 7) is 2.57. The Balaban J connectivity index is 2.74. The van der Waals surface area contributed by atoms with Gasteiger partial charge < -0.3 is 4.74 Å². The van der Waals surface area contributed by atoms with Gasteiger partial charge in [-0.05, 0) is 12.5 Å². The van der Waals surface area contributed by atoms with E-state index in [9.17, 15) is 0 Å². The first-order valence-electron chi connectivity index (χ1n) is 3.81. The van der Waals surface area contributed by atoms with Crippen LogP contribution in [0.15, 0.2) is 12.3 Å². The summed E-state index contributed by atoms with van der Waals surface area (Å²) >= 11 is 0. The van der Waals surface area contributed by atoms with Crippen LogP contribution in [0.1, 0.15) is 12.5 Å². The zero-order chi connectivity index (χ0) is 8.10. The second kappa shape index (κ2) is 3.96. The van der Waals surface area contributed by atoms with Gasteiger partial charge in [0.25, 0.3) is 0 Å². The summed E-state index contributed by atoms with van der Waals surface area (Å²) in [7, 11) is 2.08. The molecular weight excluding hydrogens is 139 g/mol. The molecule has 0 saturated heterocycles. The summed E-state index contributed by atoms with van der Waals surface area (Å²) in [5, 5.41) is 7.60. The molecule has 1 rings (SSSR count). The number of ether oxygens (including phenoxy) is 1. The van der Waals surface area contributed by atoms with Crippen LogP contribution in [0, 0.1) is 0 Å². The van der Waals surface area contributed by atoms with Crippen LogP contribution < -0.4 is 4.74 Å². The molecule has 11 heavy (non-hydrogen) atoms. The van der Waals surface area contributed by atoms with Gasteiger partial charge in [0.05, 0.1) is 12.8 Å². The van der Waals surface area contributed by atoms with Crippen LogP contribution in [0.25, 0.3) is 0 Å². The summed E-state index contributed by atoms with van der Waals surface area (Å²) in [5.74, 6) is 0.617. The SMILES string of the molecule is BCc1cnnc(OCC)c1. The molecule has 0 spiro atoms. The van der Waals surface area contributed by atoms with Crippen LogP contribution in [0.5, 0.6) is 5.88 Å². The maximum atomic E-state index is 5.17. The molecule has 0 radical (unpaired) electrons. The molecule has 58 valence electrons. The maximum Gasteiger partial charge on any atom is 0.233 e. The second-order valence-corrected chi connectivity index (χ2v) is 2.19. The fourth-order valence-electron chi connectivity index (χ4n) is 0.796. The molecule has 4 heteroatoms. The monoisotopic (exact) mass is 150 g/mol. The molecule has 1 heterocycles. The van der Waals surface area contributed by atoms with E-state index in [1.807, 2.05) is 13.0 Å². The number of aromatic nitrogens is 2. The van der Waals surface area contributed by atoms with Gasteiger partial charge in [-0.1, -0.05) is 6.32 Å². The van der Waals surface area contributed by atoms with Gasteiger partial charge in [0, 0.05) is 6.07 Å². The number of hydrogen-bond acceptors (Lipinski definition) is 3. The van der Waals surface area contributed by atoms with Crippen LogP contribution >= 0.6 is 0 Å². The lowest BCUT2D eigenvalue weighted by Crippen LogP contribution is -1.97. The van der Waals surface area contributed by atoms with Gasteiger partial charge in [-0.25, -0.2) is 0 Å². The molecule has 0 aliphatic rings. The first kappa shape index (κ1) is 8.05. The van der Waals surface area contributed by atoms with Gasteiger partial charge in [-0.2, -0.15) is 5.10 Å². The predicted octanol–water partition coefficient (Wildman–Crippen LogP) is 0.00840. The molecule has 3 nitrogen and oxygen atoms in total. The van der Waals surface area contributed by atoms with Crippen molar-refractivity contribution in [2.45, 2.75) is 13.2 Å². The summed E-state index contributed by atoms with van der Waals surface area (Å²) in [6, 6.07) is 1.91. The lowest BCUT2D eigenvalue weighted by molar-refractivity contribution is 0.322. The largest absolute Gasteiger partial charge is 0.477 e. The molecule has 0 aliphatic carbocycles. The van der Waals surface area contributed by atoms with Crippen molar-refractivity contribution in [2.75, 3.05) is 6.61 Å². The third-order valence-electron chi connectivity index (χ3n) is 1.39. The Morgan fingerprint density at radius 3 is 3.09 bits per heavy atom. The first-order valence-corrected chi connectivity index (χ1v) is 3.81. The first-order chi connectivity index (χ1) is 5.36. The molecule has 1 aromatic rings. The van der Waals surface area contributed by atoms with Gasteiger partial charge in [0.2, 0.25) is 5.88 Å². The van der Waals surface area contributed by atoms with E-state index < -0.39 is 0 Å². The molecule has 0 saturated carbocycles. The minimum atomic E-state index is 0.617. The van der Waals surface area contributed by atoms with Crippen molar-refractivity contribution in [3.8, 4) is 5.88 Å². The van der Waals surface area contributed by atoms with Gasteiger partial charge in [-0.3, -0.25) is 0 Å². The smallest absolute Gasteiger partial charge is 0.233 e. The summed E-state index contributed by atoms with van der Waals surface area (Å²) < 4.78 is 5.17. The van der Waals surface area contributed by atoms with Crippen LogP contribution in [0.4, 0.5) is 0 Å². The molecule has 0 aromatic carbocycles. The van der Waals surface area contributed by atoms with E-state index in [0.717, 1.165) is 11.9 Å². The fraction of sp³-hybridized carbons (Fsp3) is 0.429. The average Bonchev–Trinajstić information content (AvgIpc) is 2.06. The van der Waals surface area contributed by atoms with E-state index in [0.29, 0.717) is 12.5 Å². The van der Waals surface area contributed by atoms with Crippen LogP contribution in [0.2, 0.25) is 0 Å². The quantitative estimate of drug-likeness (QED) is 0.569. The highest BCUT2D eigenvalue weighted by atomic mass is 16.5. The zero-order valence-electron chi connectivity index (χ0n) is 6.87.